The molecule has 0 spiro atoms. The van der Waals surface area contributed by atoms with Crippen molar-refractivity contribution in [2.45, 2.75) is 32.6 Å². The van der Waals surface area contributed by atoms with E-state index >= 15 is 0 Å². The van der Waals surface area contributed by atoms with Crippen molar-refractivity contribution in [1.29, 1.82) is 0 Å². The van der Waals surface area contributed by atoms with Crippen molar-refractivity contribution in [1.82, 2.24) is 0 Å². The van der Waals surface area contributed by atoms with Crippen molar-refractivity contribution >= 4 is 17.1 Å². The van der Waals surface area contributed by atoms with Gasteiger partial charge in [-0.2, -0.15) is 0 Å². The Labute approximate surface area is 200 Å². The molecule has 1 unspecified atom stereocenters. The van der Waals surface area contributed by atoms with E-state index < -0.39 is 0 Å². The lowest BCUT2D eigenvalue weighted by Gasteiger charge is -2.25. The molecular weight excluding hydrogens is 426 g/mol. The van der Waals surface area contributed by atoms with Gasteiger partial charge in [-0.1, -0.05) is 18.2 Å². The standard InChI is InChI=1S/C28H31N3O3/c1-19-13-24(8-5-21(19)18-33)31-27-15-25(29-22-6-3-20(17-32)4-7-22)14-26(16-27)30-23-9-11-28(34-2)12-10-23/h3-13,15-16,25,29-33H,14,17-18H2,1-2H3. The van der Waals surface area contributed by atoms with Gasteiger partial charge in [0, 0.05) is 34.9 Å². The summed E-state index contributed by atoms with van der Waals surface area (Å²) in [6, 6.07) is 21.7. The van der Waals surface area contributed by atoms with Crippen LogP contribution in [0.3, 0.4) is 0 Å². The molecule has 1 atom stereocenters. The predicted octanol–water partition coefficient (Wildman–Crippen LogP) is 5.16. The number of methoxy groups -OCH3 is 1. The van der Waals surface area contributed by atoms with E-state index in [0.29, 0.717) is 0 Å². The van der Waals surface area contributed by atoms with Crippen LogP contribution < -0.4 is 20.7 Å². The molecule has 6 heteroatoms. The number of hydrogen-bond donors (Lipinski definition) is 5. The molecule has 0 radical (unpaired) electrons. The molecule has 4 rings (SSSR count). The van der Waals surface area contributed by atoms with E-state index in [1.165, 1.54) is 0 Å². The fraction of sp³-hybridized carbons (Fsp3) is 0.214. The summed E-state index contributed by atoms with van der Waals surface area (Å²) in [6.45, 7) is 2.06. The molecular formula is C28H31N3O3. The molecule has 0 aromatic heterocycles. The number of nitrogens with one attached hydrogen (secondary N) is 3. The summed E-state index contributed by atoms with van der Waals surface area (Å²) in [5, 5.41) is 29.4. The minimum atomic E-state index is 0.0326. The molecule has 0 heterocycles. The normalized spacial score (nSPS) is 15.2. The predicted molar refractivity (Wildman–Crippen MR) is 138 cm³/mol. The summed E-state index contributed by atoms with van der Waals surface area (Å²) in [7, 11) is 1.66. The van der Waals surface area contributed by atoms with E-state index in [1.54, 1.807) is 7.11 Å². The fourth-order valence-corrected chi connectivity index (χ4v) is 3.96. The number of benzene rings is 3. The van der Waals surface area contributed by atoms with Crippen LogP contribution in [0.4, 0.5) is 17.1 Å². The van der Waals surface area contributed by atoms with Gasteiger partial charge < -0.3 is 30.9 Å². The van der Waals surface area contributed by atoms with Crippen molar-refractivity contribution in [3.8, 4) is 5.75 Å². The maximum Gasteiger partial charge on any atom is 0.119 e. The highest BCUT2D eigenvalue weighted by Crippen LogP contribution is 2.26. The summed E-state index contributed by atoms with van der Waals surface area (Å²) in [5.74, 6) is 0.818. The molecule has 1 aliphatic rings. The number of allylic oxidation sites excluding steroid dienone is 1. The maximum atomic E-state index is 9.47. The van der Waals surface area contributed by atoms with Crippen LogP contribution in [-0.4, -0.2) is 23.4 Å². The van der Waals surface area contributed by atoms with Crippen LogP contribution in [0.2, 0.25) is 0 Å². The van der Waals surface area contributed by atoms with Crippen molar-refractivity contribution in [3.05, 3.63) is 107 Å². The molecule has 3 aromatic carbocycles. The summed E-state index contributed by atoms with van der Waals surface area (Å²) < 4.78 is 5.27. The highest BCUT2D eigenvalue weighted by molar-refractivity contribution is 5.59. The van der Waals surface area contributed by atoms with Gasteiger partial charge in [0.2, 0.25) is 0 Å². The van der Waals surface area contributed by atoms with Crippen molar-refractivity contribution in [2.24, 2.45) is 0 Å². The molecule has 5 N–H and O–H groups in total. The minimum absolute atomic E-state index is 0.0326. The first-order chi connectivity index (χ1) is 16.6. The number of aliphatic hydroxyl groups is 2. The van der Waals surface area contributed by atoms with Gasteiger partial charge >= 0.3 is 0 Å². The zero-order valence-corrected chi connectivity index (χ0v) is 19.5. The molecule has 0 saturated carbocycles. The largest absolute Gasteiger partial charge is 0.497 e. The molecule has 176 valence electrons. The van der Waals surface area contributed by atoms with Crippen LogP contribution in [0, 0.1) is 6.92 Å². The first-order valence-electron chi connectivity index (χ1n) is 11.3. The first kappa shape index (κ1) is 23.4. The van der Waals surface area contributed by atoms with Gasteiger partial charge in [-0.05, 0) is 84.3 Å². The molecule has 0 bridgehead atoms. The smallest absolute Gasteiger partial charge is 0.119 e. The van der Waals surface area contributed by atoms with E-state index in [-0.39, 0.29) is 19.3 Å². The third-order valence-electron chi connectivity index (χ3n) is 5.84. The van der Waals surface area contributed by atoms with Gasteiger partial charge in [0.1, 0.15) is 5.75 Å². The molecule has 0 aliphatic heterocycles. The molecule has 6 nitrogen and oxygen atoms in total. The van der Waals surface area contributed by atoms with E-state index in [2.05, 4.69) is 28.1 Å². The zero-order chi connectivity index (χ0) is 23.9. The average Bonchev–Trinajstić information content (AvgIpc) is 2.85. The van der Waals surface area contributed by atoms with E-state index in [1.807, 2.05) is 73.7 Å². The maximum absolute atomic E-state index is 9.47. The first-order valence-corrected chi connectivity index (χ1v) is 11.3. The number of aryl methyl sites for hydroxylation is 1. The molecule has 0 fully saturated rings. The highest BCUT2D eigenvalue weighted by atomic mass is 16.5. The van der Waals surface area contributed by atoms with Crippen molar-refractivity contribution in [2.75, 3.05) is 23.1 Å². The second kappa shape index (κ2) is 10.9. The summed E-state index contributed by atoms with van der Waals surface area (Å²) in [4.78, 5) is 0. The van der Waals surface area contributed by atoms with Crippen LogP contribution in [-0.2, 0) is 13.2 Å². The quantitative estimate of drug-likeness (QED) is 0.305. The van der Waals surface area contributed by atoms with Crippen molar-refractivity contribution < 1.29 is 14.9 Å². The third-order valence-corrected chi connectivity index (χ3v) is 5.84. The second-order valence-electron chi connectivity index (χ2n) is 8.38. The van der Waals surface area contributed by atoms with E-state index in [9.17, 15) is 10.2 Å². The van der Waals surface area contributed by atoms with Gasteiger partial charge in [-0.25, -0.2) is 0 Å². The monoisotopic (exact) mass is 457 g/mol. The van der Waals surface area contributed by atoms with Crippen LogP contribution in [0.5, 0.6) is 5.75 Å². The lowest BCUT2D eigenvalue weighted by molar-refractivity contribution is 0.281. The van der Waals surface area contributed by atoms with Gasteiger partial charge in [0.05, 0.1) is 26.4 Å². The number of ether oxygens (including phenoxy) is 1. The Hall–Kier alpha value is -3.74. The molecule has 0 amide bonds. The fourth-order valence-electron chi connectivity index (χ4n) is 3.96. The van der Waals surface area contributed by atoms with Crippen LogP contribution in [0.1, 0.15) is 23.1 Å². The van der Waals surface area contributed by atoms with Crippen LogP contribution in [0.25, 0.3) is 0 Å². The Morgan fingerprint density at radius 2 is 1.56 bits per heavy atom. The number of hydrogen-bond acceptors (Lipinski definition) is 6. The van der Waals surface area contributed by atoms with Crippen LogP contribution >= 0.6 is 0 Å². The molecule has 3 aromatic rings. The lowest BCUT2D eigenvalue weighted by Crippen LogP contribution is -2.24. The second-order valence-corrected chi connectivity index (χ2v) is 8.38. The highest BCUT2D eigenvalue weighted by Gasteiger charge is 2.16. The van der Waals surface area contributed by atoms with Gasteiger partial charge in [-0.3, -0.25) is 0 Å². The summed E-state index contributed by atoms with van der Waals surface area (Å²) in [5.41, 5.74) is 7.85. The van der Waals surface area contributed by atoms with Crippen LogP contribution in [0.15, 0.2) is 90.3 Å². The number of aliphatic hydroxyl groups excluding tert-OH is 2. The Balaban J connectivity index is 1.56. The van der Waals surface area contributed by atoms with E-state index in [0.717, 1.165) is 57.3 Å². The Bertz CT molecular complexity index is 1170. The van der Waals surface area contributed by atoms with Gasteiger partial charge in [0.15, 0.2) is 0 Å². The molecule has 1 aliphatic carbocycles. The minimum Gasteiger partial charge on any atom is -0.497 e. The van der Waals surface area contributed by atoms with Crippen molar-refractivity contribution in [3.63, 3.8) is 0 Å². The Morgan fingerprint density at radius 3 is 2.21 bits per heavy atom. The topological polar surface area (TPSA) is 85.8 Å². The Kier molecular flexibility index (Phi) is 7.52. The van der Waals surface area contributed by atoms with Gasteiger partial charge in [0.25, 0.3) is 0 Å². The number of rotatable bonds is 9. The van der Waals surface area contributed by atoms with Gasteiger partial charge in [-0.15, -0.1) is 0 Å². The SMILES string of the molecule is COc1ccc(NC2=CC(Nc3ccc(CO)c(C)c3)=CC(Nc3ccc(CO)cc3)C2)cc1. The third kappa shape index (κ3) is 5.98. The lowest BCUT2D eigenvalue weighted by atomic mass is 10.0. The summed E-state index contributed by atoms with van der Waals surface area (Å²) >= 11 is 0. The molecule has 34 heavy (non-hydrogen) atoms. The zero-order valence-electron chi connectivity index (χ0n) is 19.5. The average molecular weight is 458 g/mol. The molecule has 0 saturated heterocycles. The Morgan fingerprint density at radius 1 is 0.853 bits per heavy atom. The summed E-state index contributed by atoms with van der Waals surface area (Å²) in [6.07, 6.45) is 5.07. The van der Waals surface area contributed by atoms with E-state index in [4.69, 9.17) is 4.74 Å². The number of anilines is 3.